The van der Waals surface area contributed by atoms with Crippen LogP contribution in [-0.2, 0) is 37.5 Å². The zero-order valence-corrected chi connectivity index (χ0v) is 34.4. The van der Waals surface area contributed by atoms with Crippen molar-refractivity contribution in [2.45, 2.75) is 101 Å². The number of nitrogens with two attached hydrogens (primary N) is 1. The van der Waals surface area contributed by atoms with Crippen molar-refractivity contribution in [1.82, 2.24) is 0 Å². The second kappa shape index (κ2) is 16.5. The first kappa shape index (κ1) is 41.9. The minimum Gasteiger partial charge on any atom is -0.355 e. The Kier molecular flexibility index (Phi) is 12.5. The molecular weight excluding hydrogens is 731 g/mol. The summed E-state index contributed by atoms with van der Waals surface area (Å²) in [6, 6.07) is 17.8. The van der Waals surface area contributed by atoms with Crippen molar-refractivity contribution in [3.63, 3.8) is 0 Å². The van der Waals surface area contributed by atoms with Gasteiger partial charge in [-0.3, -0.25) is 9.11 Å². The molecule has 3 aromatic rings. The first-order chi connectivity index (χ1) is 25.8. The number of fused-ring (bicyclic) bond motifs is 1. The zero-order chi connectivity index (χ0) is 40.3. The topological polar surface area (TPSA) is 150 Å². The van der Waals surface area contributed by atoms with Gasteiger partial charge in [-0.1, -0.05) is 84.0 Å². The summed E-state index contributed by atoms with van der Waals surface area (Å²) in [4.78, 5) is 2.00. The van der Waals surface area contributed by atoms with Gasteiger partial charge in [0.15, 0.2) is 0 Å². The van der Waals surface area contributed by atoms with E-state index in [2.05, 4.69) is 80.1 Å². The number of benzene rings is 3. The molecular formula is C44H55N3O6S2. The standard InChI is InChI=1S/C44H55N3O6S2/c1-8-9-27-47-40-23-22-37(55(51,52)53)29-39(40)44(6,7)41(47)24-18-34-12-10-11-33(42(34)46-35-19-15-32(16-20-35)25-26-45)17-14-31(3)43(4,5)38-28-36(54(48,49)50)21-13-30(38)2/h13-24,28-29,46H,3,8-12,25-27,45H2,1-2,4-7H3,(H,48,49,50)(H,51,52,53)/b17-14+,34-18+,41-24+. The summed E-state index contributed by atoms with van der Waals surface area (Å²) in [7, 11) is -8.74. The molecule has 5 N–H and O–H groups in total. The van der Waals surface area contributed by atoms with Crippen molar-refractivity contribution in [1.29, 1.82) is 0 Å². The van der Waals surface area contributed by atoms with E-state index in [1.54, 1.807) is 18.2 Å². The molecule has 0 amide bonds. The molecule has 0 radical (unpaired) electrons. The number of hydrogen-bond acceptors (Lipinski definition) is 7. The first-order valence-electron chi connectivity index (χ1n) is 18.9. The molecule has 3 aromatic carbocycles. The summed E-state index contributed by atoms with van der Waals surface area (Å²) in [6.07, 6.45) is 13.7. The highest BCUT2D eigenvalue weighted by Crippen LogP contribution is 2.49. The van der Waals surface area contributed by atoms with E-state index in [-0.39, 0.29) is 9.79 Å². The van der Waals surface area contributed by atoms with E-state index in [0.29, 0.717) is 6.54 Å². The summed E-state index contributed by atoms with van der Waals surface area (Å²) in [5.74, 6) is 0. The molecule has 0 bridgehead atoms. The molecule has 0 atom stereocenters. The maximum atomic E-state index is 12.1. The first-order valence-corrected chi connectivity index (χ1v) is 21.7. The van der Waals surface area contributed by atoms with Crippen LogP contribution in [0.15, 0.2) is 129 Å². The quantitative estimate of drug-likeness (QED) is 0.0926. The van der Waals surface area contributed by atoms with Crippen LogP contribution in [0.3, 0.4) is 0 Å². The second-order valence-corrected chi connectivity index (χ2v) is 18.4. The Balaban J connectivity index is 1.59. The molecule has 2 aliphatic rings. The van der Waals surface area contributed by atoms with Gasteiger partial charge in [0.1, 0.15) is 0 Å². The van der Waals surface area contributed by atoms with Gasteiger partial charge in [-0.2, -0.15) is 16.8 Å². The van der Waals surface area contributed by atoms with Gasteiger partial charge >= 0.3 is 0 Å². The van der Waals surface area contributed by atoms with Crippen molar-refractivity contribution in [2.24, 2.45) is 5.73 Å². The molecule has 0 unspecified atom stereocenters. The van der Waals surface area contributed by atoms with Crippen molar-refractivity contribution in [3.05, 3.63) is 142 Å². The maximum absolute atomic E-state index is 12.1. The fourth-order valence-corrected chi connectivity index (χ4v) is 8.57. The van der Waals surface area contributed by atoms with E-state index < -0.39 is 31.1 Å². The van der Waals surface area contributed by atoms with Crippen molar-refractivity contribution in [2.75, 3.05) is 23.3 Å². The predicted molar refractivity (Wildman–Crippen MR) is 224 cm³/mol. The monoisotopic (exact) mass is 785 g/mol. The molecule has 1 heterocycles. The Morgan fingerprint density at radius 2 is 1.62 bits per heavy atom. The highest BCUT2D eigenvalue weighted by atomic mass is 32.2. The molecule has 55 heavy (non-hydrogen) atoms. The number of allylic oxidation sites excluding steroid dienone is 8. The fourth-order valence-electron chi connectivity index (χ4n) is 7.55. The van der Waals surface area contributed by atoms with Crippen LogP contribution in [0.2, 0.25) is 0 Å². The van der Waals surface area contributed by atoms with E-state index in [0.717, 1.165) is 107 Å². The Hall–Kier alpha value is -4.26. The molecule has 0 saturated carbocycles. The van der Waals surface area contributed by atoms with Gasteiger partial charge in [0.25, 0.3) is 20.2 Å². The number of nitrogens with one attached hydrogen (secondary N) is 1. The van der Waals surface area contributed by atoms with Gasteiger partial charge in [0, 0.05) is 40.1 Å². The van der Waals surface area contributed by atoms with Crippen LogP contribution in [-0.4, -0.2) is 39.0 Å². The number of aryl methyl sites for hydroxylation is 1. The van der Waals surface area contributed by atoms with E-state index >= 15 is 0 Å². The third-order valence-electron chi connectivity index (χ3n) is 11.0. The lowest BCUT2D eigenvalue weighted by Crippen LogP contribution is -2.27. The lowest BCUT2D eigenvalue weighted by Gasteiger charge is -2.29. The molecule has 0 saturated heterocycles. The normalized spacial score (nSPS) is 17.7. The highest BCUT2D eigenvalue weighted by Gasteiger charge is 2.40. The Labute approximate surface area is 327 Å². The van der Waals surface area contributed by atoms with Crippen molar-refractivity contribution in [3.8, 4) is 0 Å². The Morgan fingerprint density at radius 3 is 2.25 bits per heavy atom. The van der Waals surface area contributed by atoms with Crippen LogP contribution < -0.4 is 16.0 Å². The maximum Gasteiger partial charge on any atom is 0.294 e. The van der Waals surface area contributed by atoms with Gasteiger partial charge in [0.2, 0.25) is 0 Å². The summed E-state index contributed by atoms with van der Waals surface area (Å²) in [5, 5.41) is 3.73. The summed E-state index contributed by atoms with van der Waals surface area (Å²) in [6.45, 7) is 18.0. The van der Waals surface area contributed by atoms with Crippen LogP contribution >= 0.6 is 0 Å². The number of hydrogen-bond donors (Lipinski definition) is 4. The largest absolute Gasteiger partial charge is 0.355 e. The molecule has 0 spiro atoms. The number of unbranched alkanes of at least 4 members (excludes halogenated alkanes) is 1. The van der Waals surface area contributed by atoms with Gasteiger partial charge in [-0.25, -0.2) is 0 Å². The van der Waals surface area contributed by atoms with Crippen LogP contribution in [0.5, 0.6) is 0 Å². The van der Waals surface area contributed by atoms with Crippen LogP contribution in [0, 0.1) is 6.92 Å². The van der Waals surface area contributed by atoms with E-state index in [1.165, 1.54) is 18.2 Å². The summed E-state index contributed by atoms with van der Waals surface area (Å²) in [5.41, 5.74) is 15.2. The van der Waals surface area contributed by atoms with E-state index in [1.807, 2.05) is 26.8 Å². The molecule has 0 aromatic heterocycles. The molecule has 1 aliphatic carbocycles. The molecule has 5 rings (SSSR count). The SMILES string of the molecule is C=C(/C=C/C1=C(Nc2ccc(CCN)cc2)C(=C/C=C2/N(CCCC)c3ccc(S(=O)(=O)O)cc3C2(C)C)/CCC1)C(C)(C)c1cc(S(=O)(=O)O)ccc1C. The number of nitrogens with zero attached hydrogens (tertiary/aromatic N) is 1. The zero-order valence-electron chi connectivity index (χ0n) is 32.8. The van der Waals surface area contributed by atoms with Gasteiger partial charge in [-0.05, 0) is 133 Å². The highest BCUT2D eigenvalue weighted by molar-refractivity contribution is 7.86. The van der Waals surface area contributed by atoms with Crippen LogP contribution in [0.25, 0.3) is 0 Å². The average molecular weight is 786 g/mol. The Bertz CT molecular complexity index is 2300. The minimum atomic E-state index is -4.38. The van der Waals surface area contributed by atoms with Crippen LogP contribution in [0.1, 0.15) is 89.0 Å². The predicted octanol–water partition coefficient (Wildman–Crippen LogP) is 9.34. The number of rotatable bonds is 14. The van der Waals surface area contributed by atoms with Crippen LogP contribution in [0.4, 0.5) is 11.4 Å². The second-order valence-electron chi connectivity index (χ2n) is 15.6. The van der Waals surface area contributed by atoms with Gasteiger partial charge in [0.05, 0.1) is 9.79 Å². The average Bonchev–Trinajstić information content (AvgIpc) is 3.33. The summed E-state index contributed by atoms with van der Waals surface area (Å²) >= 11 is 0. The van der Waals surface area contributed by atoms with Crippen molar-refractivity contribution >= 4 is 31.6 Å². The molecule has 0 fully saturated rings. The third-order valence-corrected chi connectivity index (χ3v) is 12.7. The lowest BCUT2D eigenvalue weighted by molar-refractivity contribution is 0.480. The van der Waals surface area contributed by atoms with Gasteiger partial charge < -0.3 is 16.0 Å². The smallest absolute Gasteiger partial charge is 0.294 e. The molecule has 9 nitrogen and oxygen atoms in total. The molecule has 1 aliphatic heterocycles. The lowest BCUT2D eigenvalue weighted by atomic mass is 9.76. The Morgan fingerprint density at radius 1 is 0.964 bits per heavy atom. The van der Waals surface area contributed by atoms with E-state index in [4.69, 9.17) is 5.73 Å². The van der Waals surface area contributed by atoms with Crippen molar-refractivity contribution < 1.29 is 25.9 Å². The minimum absolute atomic E-state index is 0.115. The third kappa shape index (κ3) is 9.24. The fraction of sp³-hybridized carbons (Fsp3) is 0.364. The van der Waals surface area contributed by atoms with E-state index in [9.17, 15) is 25.9 Å². The van der Waals surface area contributed by atoms with Gasteiger partial charge in [-0.15, -0.1) is 0 Å². The molecule has 294 valence electrons. The summed E-state index contributed by atoms with van der Waals surface area (Å²) < 4.78 is 67.9. The molecule has 11 heteroatoms. The number of anilines is 2.